The van der Waals surface area contributed by atoms with Gasteiger partial charge in [-0.3, -0.25) is 4.90 Å². The van der Waals surface area contributed by atoms with Crippen LogP contribution in [0.2, 0.25) is 0 Å². The van der Waals surface area contributed by atoms with Crippen molar-refractivity contribution in [1.82, 2.24) is 10.1 Å². The van der Waals surface area contributed by atoms with Gasteiger partial charge in [0.25, 0.3) is 0 Å². The van der Waals surface area contributed by atoms with Gasteiger partial charge < -0.3 is 14.3 Å². The molecule has 2 aromatic carbocycles. The van der Waals surface area contributed by atoms with Crippen molar-refractivity contribution in [2.24, 2.45) is 5.41 Å². The summed E-state index contributed by atoms with van der Waals surface area (Å²) < 4.78 is 5.49. The first kappa shape index (κ1) is 20.4. The maximum Gasteiger partial charge on any atom is 0.180 e. The van der Waals surface area contributed by atoms with E-state index in [9.17, 15) is 0 Å². The van der Waals surface area contributed by atoms with Crippen LogP contribution in [0.3, 0.4) is 0 Å². The molecule has 31 heavy (non-hydrogen) atoms. The third-order valence-corrected chi connectivity index (χ3v) is 6.86. The highest BCUT2D eigenvalue weighted by Crippen LogP contribution is 2.36. The Morgan fingerprint density at radius 2 is 1.84 bits per heavy atom. The van der Waals surface area contributed by atoms with Crippen LogP contribution in [0.1, 0.15) is 31.4 Å². The van der Waals surface area contributed by atoms with E-state index in [1.165, 1.54) is 29.7 Å². The highest BCUT2D eigenvalue weighted by atomic mass is 16.5. The maximum atomic E-state index is 5.49. The van der Waals surface area contributed by atoms with Crippen molar-refractivity contribution in [2.45, 2.75) is 33.1 Å². The van der Waals surface area contributed by atoms with E-state index in [-0.39, 0.29) is 0 Å². The van der Waals surface area contributed by atoms with Gasteiger partial charge in [0.05, 0.1) is 5.39 Å². The van der Waals surface area contributed by atoms with Crippen LogP contribution in [0.5, 0.6) is 0 Å². The molecule has 5 heteroatoms. The Morgan fingerprint density at radius 3 is 2.68 bits per heavy atom. The van der Waals surface area contributed by atoms with E-state index < -0.39 is 0 Å². The summed E-state index contributed by atoms with van der Waals surface area (Å²) in [7, 11) is 2.22. The van der Waals surface area contributed by atoms with Gasteiger partial charge in [-0.1, -0.05) is 43.3 Å². The number of benzene rings is 2. The topological polar surface area (TPSA) is 35.8 Å². The Kier molecular flexibility index (Phi) is 5.39. The molecule has 0 N–H and O–H groups in total. The zero-order valence-electron chi connectivity index (χ0n) is 19.1. The predicted molar refractivity (Wildman–Crippen MR) is 128 cm³/mol. The second kappa shape index (κ2) is 8.19. The second-order valence-corrected chi connectivity index (χ2v) is 10.1. The summed E-state index contributed by atoms with van der Waals surface area (Å²) in [5, 5.41) is 5.45. The van der Waals surface area contributed by atoms with Crippen molar-refractivity contribution in [2.75, 3.05) is 56.1 Å². The van der Waals surface area contributed by atoms with Crippen molar-refractivity contribution in [3.63, 3.8) is 0 Å². The maximum absolute atomic E-state index is 5.49. The van der Waals surface area contributed by atoms with Gasteiger partial charge in [-0.15, -0.1) is 0 Å². The molecule has 0 spiro atoms. The van der Waals surface area contributed by atoms with Crippen molar-refractivity contribution < 1.29 is 4.52 Å². The van der Waals surface area contributed by atoms with Gasteiger partial charge in [-0.2, -0.15) is 0 Å². The molecule has 5 nitrogen and oxygen atoms in total. The third-order valence-electron chi connectivity index (χ3n) is 6.86. The molecule has 1 fully saturated rings. The number of aryl methyl sites for hydroxylation is 1. The molecule has 0 atom stereocenters. The molecule has 3 heterocycles. The molecular weight excluding hydrogens is 384 g/mol. The first-order chi connectivity index (χ1) is 15.0. The summed E-state index contributed by atoms with van der Waals surface area (Å²) in [5.41, 5.74) is 5.65. The fraction of sp³-hybridized carbons (Fsp3) is 0.500. The Balaban J connectivity index is 1.13. The molecule has 0 amide bonds. The average Bonchev–Trinajstić information content (AvgIpc) is 3.17. The van der Waals surface area contributed by atoms with Gasteiger partial charge in [0.2, 0.25) is 0 Å². The number of anilines is 2. The van der Waals surface area contributed by atoms with E-state index in [0.717, 1.165) is 62.5 Å². The summed E-state index contributed by atoms with van der Waals surface area (Å²) >= 11 is 0. The van der Waals surface area contributed by atoms with Crippen LogP contribution in [0.25, 0.3) is 11.0 Å². The normalized spacial score (nSPS) is 19.1. The Bertz CT molecular complexity index is 1050. The summed E-state index contributed by atoms with van der Waals surface area (Å²) in [6, 6.07) is 15.3. The molecule has 3 aromatic rings. The lowest BCUT2D eigenvalue weighted by atomic mass is 9.81. The Labute approximate surface area is 185 Å². The van der Waals surface area contributed by atoms with Gasteiger partial charge in [-0.25, -0.2) is 0 Å². The third kappa shape index (κ3) is 4.29. The van der Waals surface area contributed by atoms with Crippen LogP contribution in [0.4, 0.5) is 11.5 Å². The number of aromatic nitrogens is 1. The van der Waals surface area contributed by atoms with Gasteiger partial charge >= 0.3 is 0 Å². The number of hydrogen-bond acceptors (Lipinski definition) is 5. The van der Waals surface area contributed by atoms with Crippen molar-refractivity contribution >= 4 is 22.5 Å². The minimum absolute atomic E-state index is 0.356. The van der Waals surface area contributed by atoms with E-state index in [2.05, 4.69) is 71.1 Å². The van der Waals surface area contributed by atoms with Gasteiger partial charge in [0.15, 0.2) is 11.4 Å². The van der Waals surface area contributed by atoms with E-state index in [1.54, 1.807) is 0 Å². The minimum atomic E-state index is 0.356. The number of hydrogen-bond donors (Lipinski definition) is 0. The lowest BCUT2D eigenvalue weighted by Gasteiger charge is -2.39. The fourth-order valence-electron chi connectivity index (χ4n) is 5.40. The first-order valence-corrected chi connectivity index (χ1v) is 11.6. The summed E-state index contributed by atoms with van der Waals surface area (Å²) in [4.78, 5) is 7.37. The van der Waals surface area contributed by atoms with Crippen LogP contribution in [-0.4, -0.2) is 56.4 Å². The predicted octanol–water partition coefficient (Wildman–Crippen LogP) is 4.60. The zero-order valence-corrected chi connectivity index (χ0v) is 19.1. The zero-order chi connectivity index (χ0) is 21.4. The van der Waals surface area contributed by atoms with Crippen LogP contribution in [0, 0.1) is 5.41 Å². The number of piperazine rings is 1. The quantitative estimate of drug-likeness (QED) is 0.605. The molecule has 1 aromatic heterocycles. The van der Waals surface area contributed by atoms with Gasteiger partial charge in [-0.05, 0) is 60.5 Å². The first-order valence-electron chi connectivity index (χ1n) is 11.6. The molecule has 164 valence electrons. The summed E-state index contributed by atoms with van der Waals surface area (Å²) in [6.07, 6.45) is 3.55. The molecule has 2 aliphatic heterocycles. The van der Waals surface area contributed by atoms with E-state index >= 15 is 0 Å². The lowest BCUT2D eigenvalue weighted by molar-refractivity contribution is 0.253. The molecule has 0 saturated carbocycles. The SMILES string of the molecule is CN1CC(C)(C)Cc2cc(CCCN3CCN(c4noc5ccccc45)CC3)ccc21. The molecule has 2 aliphatic rings. The highest BCUT2D eigenvalue weighted by Gasteiger charge is 2.28. The van der Waals surface area contributed by atoms with E-state index in [4.69, 9.17) is 4.52 Å². The van der Waals surface area contributed by atoms with Crippen LogP contribution in [0.15, 0.2) is 47.0 Å². The Hall–Kier alpha value is -2.53. The molecule has 0 radical (unpaired) electrons. The average molecular weight is 419 g/mol. The standard InChI is InChI=1S/C26H34N4O/c1-26(2)18-21-17-20(10-11-23(21)28(3)19-26)7-6-12-29-13-15-30(16-14-29)25-22-8-4-5-9-24(22)31-27-25/h4-5,8-11,17H,6-7,12-16,18-19H2,1-3H3. The lowest BCUT2D eigenvalue weighted by Crippen LogP contribution is -2.46. The molecule has 0 unspecified atom stereocenters. The Morgan fingerprint density at radius 1 is 1.03 bits per heavy atom. The summed E-state index contributed by atoms with van der Waals surface area (Å²) in [6.45, 7) is 11.2. The number of nitrogens with zero attached hydrogens (tertiary/aromatic N) is 4. The van der Waals surface area contributed by atoms with E-state index in [0.29, 0.717) is 5.41 Å². The van der Waals surface area contributed by atoms with Gasteiger partial charge in [0, 0.05) is 45.5 Å². The number of rotatable bonds is 5. The molecule has 0 bridgehead atoms. The fourth-order valence-corrected chi connectivity index (χ4v) is 5.40. The molecule has 1 saturated heterocycles. The molecule has 5 rings (SSSR count). The van der Waals surface area contributed by atoms with Crippen LogP contribution < -0.4 is 9.80 Å². The number of fused-ring (bicyclic) bond motifs is 2. The van der Waals surface area contributed by atoms with Crippen molar-refractivity contribution in [3.8, 4) is 0 Å². The van der Waals surface area contributed by atoms with Crippen molar-refractivity contribution in [3.05, 3.63) is 53.6 Å². The molecular formula is C26H34N4O. The van der Waals surface area contributed by atoms with Gasteiger partial charge in [0.1, 0.15) is 0 Å². The van der Waals surface area contributed by atoms with E-state index in [1.807, 2.05) is 12.1 Å². The summed E-state index contributed by atoms with van der Waals surface area (Å²) in [5.74, 6) is 0.997. The van der Waals surface area contributed by atoms with Crippen LogP contribution in [-0.2, 0) is 12.8 Å². The van der Waals surface area contributed by atoms with Crippen molar-refractivity contribution in [1.29, 1.82) is 0 Å². The molecule has 0 aliphatic carbocycles. The second-order valence-electron chi connectivity index (χ2n) is 10.1. The monoisotopic (exact) mass is 418 g/mol. The smallest absolute Gasteiger partial charge is 0.180 e. The highest BCUT2D eigenvalue weighted by molar-refractivity contribution is 5.88. The van der Waals surface area contributed by atoms with Crippen LogP contribution >= 0.6 is 0 Å². The minimum Gasteiger partial charge on any atom is -0.374 e. The number of para-hydroxylation sites is 1. The largest absolute Gasteiger partial charge is 0.374 e.